The molecule has 4 atom stereocenters. The molecule has 4 aromatic rings. The summed E-state index contributed by atoms with van der Waals surface area (Å²) in [6.45, 7) is 6.18. The van der Waals surface area contributed by atoms with Crippen molar-refractivity contribution in [2.45, 2.75) is 96.2 Å². The van der Waals surface area contributed by atoms with Crippen LogP contribution >= 0.6 is 11.3 Å². The quantitative estimate of drug-likeness (QED) is 0.0717. The maximum atomic E-state index is 14.2. The first-order chi connectivity index (χ1) is 29.5. The van der Waals surface area contributed by atoms with Crippen LogP contribution in [0.5, 0.6) is 0 Å². The molecule has 61 heavy (non-hydrogen) atoms. The SMILES string of the molecule is CC(=O)C[C@@H](Cc1ccccc1)C(=O)N[C@@H](CC(C)C)C(=O)N1CCC[C@H]1C(=O)N[C@@H](CCCCNC(=O)OCC1c2ccccc2-c2ccccc21)C(=O)Nc1nccs1. The molecule has 1 aromatic heterocycles. The van der Waals surface area contributed by atoms with E-state index in [1.807, 2.05) is 68.4 Å². The van der Waals surface area contributed by atoms with Crippen molar-refractivity contribution in [3.05, 3.63) is 107 Å². The largest absolute Gasteiger partial charge is 0.449 e. The minimum atomic E-state index is -0.945. The Morgan fingerprint density at radius 3 is 2.20 bits per heavy atom. The van der Waals surface area contributed by atoms with Crippen LogP contribution in [-0.2, 0) is 35.1 Å². The number of hydrogen-bond acceptors (Lipinski definition) is 9. The van der Waals surface area contributed by atoms with Crippen LogP contribution in [0.3, 0.4) is 0 Å². The number of aromatic nitrogens is 1. The maximum absolute atomic E-state index is 14.2. The molecule has 1 aliphatic carbocycles. The molecule has 0 saturated carbocycles. The monoisotopic (exact) mass is 848 g/mol. The number of ether oxygens (including phenoxy) is 1. The number of nitrogens with zero attached hydrogens (tertiary/aromatic N) is 2. The number of fused-ring (bicyclic) bond motifs is 3. The highest BCUT2D eigenvalue weighted by molar-refractivity contribution is 7.13. The van der Waals surface area contributed by atoms with Gasteiger partial charge in [-0.15, -0.1) is 11.3 Å². The molecule has 5 amide bonds. The van der Waals surface area contributed by atoms with Crippen LogP contribution in [0.1, 0.15) is 88.3 Å². The first-order valence-corrected chi connectivity index (χ1v) is 22.1. The summed E-state index contributed by atoms with van der Waals surface area (Å²) in [5, 5.41) is 13.6. The lowest BCUT2D eigenvalue weighted by molar-refractivity contribution is -0.143. The molecule has 13 nitrogen and oxygen atoms in total. The summed E-state index contributed by atoms with van der Waals surface area (Å²) in [6.07, 6.45) is 4.00. The minimum Gasteiger partial charge on any atom is -0.449 e. The molecular formula is C47H56N6O7S. The molecule has 1 fully saturated rings. The summed E-state index contributed by atoms with van der Waals surface area (Å²) in [5.41, 5.74) is 5.46. The average molecular weight is 849 g/mol. The Balaban J connectivity index is 1.04. The zero-order valence-corrected chi connectivity index (χ0v) is 35.9. The molecule has 0 unspecified atom stereocenters. The number of carbonyl (C=O) groups is 6. The lowest BCUT2D eigenvalue weighted by Crippen LogP contribution is -2.56. The molecular weight excluding hydrogens is 793 g/mol. The van der Waals surface area contributed by atoms with Gasteiger partial charge in [-0.05, 0) is 85.6 Å². The first-order valence-electron chi connectivity index (χ1n) is 21.2. The number of benzene rings is 3. The molecule has 0 bridgehead atoms. The van der Waals surface area contributed by atoms with E-state index in [2.05, 4.69) is 50.5 Å². The van der Waals surface area contributed by atoms with E-state index in [1.54, 1.807) is 11.6 Å². The van der Waals surface area contributed by atoms with Crippen LogP contribution in [0, 0.1) is 11.8 Å². The Morgan fingerprint density at radius 1 is 0.852 bits per heavy atom. The van der Waals surface area contributed by atoms with Crippen molar-refractivity contribution in [3.63, 3.8) is 0 Å². The van der Waals surface area contributed by atoms with Crippen molar-refractivity contribution >= 4 is 52.0 Å². The Bertz CT molecular complexity index is 2100. The minimum absolute atomic E-state index is 0.0357. The Labute approximate surface area is 361 Å². The number of anilines is 1. The van der Waals surface area contributed by atoms with Crippen LogP contribution < -0.4 is 21.3 Å². The number of rotatable bonds is 20. The number of unbranched alkanes of at least 4 members (excludes halogenated alkanes) is 1. The van der Waals surface area contributed by atoms with Crippen molar-refractivity contribution in [1.29, 1.82) is 0 Å². The number of nitrogens with one attached hydrogen (secondary N) is 4. The van der Waals surface area contributed by atoms with Crippen LogP contribution in [0.4, 0.5) is 9.93 Å². The van der Waals surface area contributed by atoms with Crippen LogP contribution in [0.25, 0.3) is 11.1 Å². The topological polar surface area (TPSA) is 176 Å². The van der Waals surface area contributed by atoms with Gasteiger partial charge in [0.05, 0.1) is 0 Å². The van der Waals surface area contributed by atoms with Gasteiger partial charge in [-0.25, -0.2) is 9.78 Å². The van der Waals surface area contributed by atoms with E-state index in [0.717, 1.165) is 27.8 Å². The Kier molecular flexibility index (Phi) is 15.8. The lowest BCUT2D eigenvalue weighted by atomic mass is 9.92. The molecule has 6 rings (SSSR count). The van der Waals surface area contributed by atoms with E-state index in [4.69, 9.17) is 4.74 Å². The van der Waals surface area contributed by atoms with Crippen molar-refractivity contribution in [3.8, 4) is 11.1 Å². The second kappa shape index (κ2) is 21.6. The van der Waals surface area contributed by atoms with E-state index >= 15 is 0 Å². The smallest absolute Gasteiger partial charge is 0.407 e. The lowest BCUT2D eigenvalue weighted by Gasteiger charge is -2.31. The molecule has 322 valence electrons. The average Bonchev–Trinajstić information content (AvgIpc) is 4.02. The summed E-state index contributed by atoms with van der Waals surface area (Å²) in [6, 6.07) is 23.0. The standard InChI is InChI=1S/C47H56N6O7S/c1-30(2)26-40(51-42(55)33(27-31(3)54)28-32-14-5-4-6-15-32)45(58)53-24-13-21-41(53)44(57)50-39(43(56)52-46-48-23-25-61-46)20-11-12-22-49-47(59)60-29-38-36-18-9-7-16-34(36)35-17-8-10-19-37(35)38/h4-10,14-19,23,25,30,33,38-41H,11-13,20-22,24,26-29H2,1-3H3,(H,49,59)(H,50,57)(H,51,55)(H,48,52,56)/t33-,39-,40-,41-/m0/s1. The number of hydrogen-bond donors (Lipinski definition) is 4. The summed E-state index contributed by atoms with van der Waals surface area (Å²) >= 11 is 1.25. The van der Waals surface area contributed by atoms with Gasteiger partial charge in [0.15, 0.2) is 5.13 Å². The summed E-state index contributed by atoms with van der Waals surface area (Å²) < 4.78 is 5.67. The summed E-state index contributed by atoms with van der Waals surface area (Å²) in [5.74, 6) is -2.46. The number of Topliss-reactive ketones (excluding diaryl/α,β-unsaturated/α-hetero) is 1. The van der Waals surface area contributed by atoms with Crippen molar-refractivity contribution in [2.75, 3.05) is 25.0 Å². The molecule has 1 aliphatic heterocycles. The molecule has 0 spiro atoms. The van der Waals surface area contributed by atoms with Gasteiger partial charge in [-0.1, -0.05) is 92.7 Å². The predicted molar refractivity (Wildman–Crippen MR) is 235 cm³/mol. The molecule has 2 aliphatic rings. The maximum Gasteiger partial charge on any atom is 0.407 e. The van der Waals surface area contributed by atoms with Crippen molar-refractivity contribution in [2.24, 2.45) is 11.8 Å². The van der Waals surface area contributed by atoms with Crippen LogP contribution in [-0.4, -0.2) is 83.2 Å². The third-order valence-corrected chi connectivity index (χ3v) is 11.9. The van der Waals surface area contributed by atoms with E-state index in [1.165, 1.54) is 23.2 Å². The summed E-state index contributed by atoms with van der Waals surface area (Å²) in [4.78, 5) is 86.1. The van der Waals surface area contributed by atoms with Gasteiger partial charge in [0, 0.05) is 42.9 Å². The molecule has 2 heterocycles. The number of thiazole rings is 1. The Hall–Kier alpha value is -5.89. The van der Waals surface area contributed by atoms with Gasteiger partial charge < -0.3 is 35.7 Å². The van der Waals surface area contributed by atoms with Crippen molar-refractivity contribution < 1.29 is 33.5 Å². The zero-order valence-electron chi connectivity index (χ0n) is 35.1. The first kappa shape index (κ1) is 44.7. The third-order valence-electron chi connectivity index (χ3n) is 11.2. The highest BCUT2D eigenvalue weighted by Gasteiger charge is 2.40. The van der Waals surface area contributed by atoms with E-state index < -0.39 is 42.0 Å². The number of likely N-dealkylation sites (tertiary alicyclic amines) is 1. The molecule has 0 radical (unpaired) electrons. The Morgan fingerprint density at radius 2 is 1.54 bits per heavy atom. The van der Waals surface area contributed by atoms with Gasteiger partial charge in [-0.3, -0.25) is 19.2 Å². The van der Waals surface area contributed by atoms with Crippen LogP contribution in [0.15, 0.2) is 90.4 Å². The van der Waals surface area contributed by atoms with Crippen molar-refractivity contribution in [1.82, 2.24) is 25.8 Å². The fourth-order valence-electron chi connectivity index (χ4n) is 8.32. The molecule has 14 heteroatoms. The van der Waals surface area contributed by atoms with Gasteiger partial charge in [0.2, 0.25) is 23.6 Å². The third kappa shape index (κ3) is 12.1. The normalized spacial score (nSPS) is 15.9. The fourth-order valence-corrected chi connectivity index (χ4v) is 8.85. The highest BCUT2D eigenvalue weighted by Crippen LogP contribution is 2.44. The summed E-state index contributed by atoms with van der Waals surface area (Å²) in [7, 11) is 0. The van der Waals surface area contributed by atoms with Gasteiger partial charge in [0.25, 0.3) is 0 Å². The van der Waals surface area contributed by atoms with Gasteiger partial charge in [-0.2, -0.15) is 0 Å². The fraction of sp³-hybridized carbons (Fsp3) is 0.426. The second-order valence-corrected chi connectivity index (χ2v) is 17.2. The van der Waals surface area contributed by atoms with E-state index in [-0.39, 0.29) is 48.9 Å². The number of ketones is 1. The van der Waals surface area contributed by atoms with Gasteiger partial charge >= 0.3 is 6.09 Å². The highest BCUT2D eigenvalue weighted by atomic mass is 32.1. The number of alkyl carbamates (subject to hydrolysis) is 1. The van der Waals surface area contributed by atoms with Crippen LogP contribution in [0.2, 0.25) is 0 Å². The van der Waals surface area contributed by atoms with E-state index in [9.17, 15) is 28.8 Å². The second-order valence-electron chi connectivity index (χ2n) is 16.3. The number of amides is 5. The zero-order chi connectivity index (χ0) is 43.3. The van der Waals surface area contributed by atoms with E-state index in [0.29, 0.717) is 56.7 Å². The van der Waals surface area contributed by atoms with Gasteiger partial charge in [0.1, 0.15) is 30.5 Å². The predicted octanol–water partition coefficient (Wildman–Crippen LogP) is 6.64. The molecule has 4 N–H and O–H groups in total. The number of carbonyl (C=O) groups excluding carboxylic acids is 6. The molecule has 1 saturated heterocycles. The molecule has 3 aromatic carbocycles.